The summed E-state index contributed by atoms with van der Waals surface area (Å²) in [6.07, 6.45) is 1.30. The first kappa shape index (κ1) is 29.9. The number of benzene rings is 3. The van der Waals surface area contributed by atoms with Crippen molar-refractivity contribution in [2.24, 2.45) is 0 Å². The molecule has 0 fully saturated rings. The highest BCUT2D eigenvalue weighted by molar-refractivity contribution is 7.92. The van der Waals surface area contributed by atoms with E-state index in [-0.39, 0.29) is 17.3 Å². The minimum Gasteiger partial charge on any atom is -0.354 e. The number of rotatable bonds is 12. The lowest BCUT2D eigenvalue weighted by Crippen LogP contribution is -2.52. The second kappa shape index (κ2) is 13.4. The van der Waals surface area contributed by atoms with Gasteiger partial charge in [-0.2, -0.15) is 0 Å². The minimum absolute atomic E-state index is 0.103. The van der Waals surface area contributed by atoms with Crippen LogP contribution in [-0.2, 0) is 26.0 Å². The van der Waals surface area contributed by atoms with Crippen LogP contribution >= 0.6 is 0 Å². The number of anilines is 1. The average molecular weight is 550 g/mol. The quantitative estimate of drug-likeness (QED) is 0.352. The van der Waals surface area contributed by atoms with E-state index in [0.29, 0.717) is 18.7 Å². The molecule has 0 spiro atoms. The number of aryl methyl sites for hydroxylation is 2. The lowest BCUT2D eigenvalue weighted by Gasteiger charge is -2.32. The summed E-state index contributed by atoms with van der Waals surface area (Å²) < 4.78 is 29.1. The van der Waals surface area contributed by atoms with Crippen LogP contribution in [0.2, 0.25) is 0 Å². The van der Waals surface area contributed by atoms with Crippen LogP contribution < -0.4 is 9.62 Å². The Bertz CT molecular complexity index is 1370. The first-order valence-corrected chi connectivity index (χ1v) is 14.8. The molecule has 0 saturated heterocycles. The van der Waals surface area contributed by atoms with Crippen molar-refractivity contribution in [3.8, 4) is 0 Å². The molecule has 0 aliphatic carbocycles. The Kier molecular flexibility index (Phi) is 10.3. The molecule has 3 rings (SSSR count). The van der Waals surface area contributed by atoms with Crippen LogP contribution in [0.4, 0.5) is 5.69 Å². The van der Waals surface area contributed by atoms with E-state index in [1.165, 1.54) is 9.21 Å². The topological polar surface area (TPSA) is 86.8 Å². The number of carbonyl (C=O) groups is 2. The lowest BCUT2D eigenvalue weighted by molar-refractivity contribution is -0.138. The molecule has 0 unspecified atom stereocenters. The normalized spacial score (nSPS) is 12.0. The Morgan fingerprint density at radius 3 is 2.21 bits per heavy atom. The Balaban J connectivity index is 2.01. The van der Waals surface area contributed by atoms with Gasteiger partial charge in [0, 0.05) is 13.1 Å². The number of nitrogens with zero attached hydrogens (tertiary/aromatic N) is 2. The van der Waals surface area contributed by atoms with Crippen molar-refractivity contribution in [3.05, 3.63) is 95.1 Å². The summed E-state index contributed by atoms with van der Waals surface area (Å²) >= 11 is 0. The van der Waals surface area contributed by atoms with Crippen molar-refractivity contribution in [2.45, 2.75) is 58.4 Å². The summed E-state index contributed by atoms with van der Waals surface area (Å²) in [7, 11) is -4.08. The molecule has 7 nitrogen and oxygen atoms in total. The van der Waals surface area contributed by atoms with Gasteiger partial charge in [0.25, 0.3) is 10.0 Å². The molecule has 0 radical (unpaired) electrons. The molecule has 0 heterocycles. The van der Waals surface area contributed by atoms with Gasteiger partial charge in [-0.25, -0.2) is 8.42 Å². The predicted octanol–water partition coefficient (Wildman–Crippen LogP) is 4.79. The molecule has 1 atom stereocenters. The number of hydrogen-bond acceptors (Lipinski definition) is 4. The Hall–Kier alpha value is -3.65. The Morgan fingerprint density at radius 2 is 1.56 bits per heavy atom. The maximum absolute atomic E-state index is 14.0. The Morgan fingerprint density at radius 1 is 0.897 bits per heavy atom. The third kappa shape index (κ3) is 7.47. The highest BCUT2D eigenvalue weighted by Gasteiger charge is 2.33. The summed E-state index contributed by atoms with van der Waals surface area (Å²) in [4.78, 5) is 28.5. The number of carbonyl (C=O) groups excluding carboxylic acids is 2. The van der Waals surface area contributed by atoms with Crippen molar-refractivity contribution < 1.29 is 18.0 Å². The van der Waals surface area contributed by atoms with Crippen LogP contribution in [0.5, 0.6) is 0 Å². The highest BCUT2D eigenvalue weighted by Crippen LogP contribution is 2.29. The van der Waals surface area contributed by atoms with Gasteiger partial charge >= 0.3 is 0 Å². The van der Waals surface area contributed by atoms with E-state index in [9.17, 15) is 18.0 Å². The van der Waals surface area contributed by atoms with Gasteiger partial charge in [-0.3, -0.25) is 13.9 Å². The van der Waals surface area contributed by atoms with Crippen LogP contribution in [-0.4, -0.2) is 50.8 Å². The molecular weight excluding hydrogens is 510 g/mol. The maximum atomic E-state index is 14.0. The van der Waals surface area contributed by atoms with Crippen LogP contribution in [0.1, 0.15) is 42.5 Å². The standard InChI is InChI=1S/C31H39N3O4S/c1-6-20-32-31(36)26(5)33(21-19-27-12-8-7-9-13-27)30(35)22-34(29-14-10-11-24(3)25(29)4)39(37,38)28-17-15-23(2)16-18-28/h7-18,26H,6,19-22H2,1-5H3,(H,32,36)/t26-/m0/s1. The third-order valence-electron chi connectivity index (χ3n) is 6.93. The van der Waals surface area contributed by atoms with Crippen molar-refractivity contribution in [2.75, 3.05) is 23.9 Å². The molecule has 2 amide bonds. The predicted molar refractivity (Wildman–Crippen MR) is 156 cm³/mol. The van der Waals surface area contributed by atoms with Crippen LogP contribution in [0, 0.1) is 20.8 Å². The zero-order valence-electron chi connectivity index (χ0n) is 23.5. The molecule has 208 valence electrons. The van der Waals surface area contributed by atoms with Crippen molar-refractivity contribution in [3.63, 3.8) is 0 Å². The van der Waals surface area contributed by atoms with E-state index < -0.39 is 28.5 Å². The number of sulfonamides is 1. The molecular formula is C31H39N3O4S. The zero-order valence-corrected chi connectivity index (χ0v) is 24.3. The van der Waals surface area contributed by atoms with E-state index >= 15 is 0 Å². The third-order valence-corrected chi connectivity index (χ3v) is 8.71. The molecule has 0 aliphatic rings. The van der Waals surface area contributed by atoms with Gasteiger partial charge in [-0.05, 0) is 75.4 Å². The second-order valence-corrected chi connectivity index (χ2v) is 11.7. The summed E-state index contributed by atoms with van der Waals surface area (Å²) in [5.41, 5.74) is 4.08. The van der Waals surface area contributed by atoms with Crippen molar-refractivity contribution in [1.29, 1.82) is 0 Å². The second-order valence-electron chi connectivity index (χ2n) is 9.83. The molecule has 0 saturated carbocycles. The fourth-order valence-electron chi connectivity index (χ4n) is 4.32. The summed E-state index contributed by atoms with van der Waals surface area (Å²) in [6, 6.07) is 20.9. The fraction of sp³-hybridized carbons (Fsp3) is 0.355. The van der Waals surface area contributed by atoms with E-state index in [2.05, 4.69) is 5.32 Å². The van der Waals surface area contributed by atoms with Gasteiger partial charge in [-0.15, -0.1) is 0 Å². The lowest BCUT2D eigenvalue weighted by atomic mass is 10.1. The van der Waals surface area contributed by atoms with Crippen LogP contribution in [0.25, 0.3) is 0 Å². The summed E-state index contributed by atoms with van der Waals surface area (Å²) in [5.74, 6) is -0.709. The molecule has 3 aromatic carbocycles. The zero-order chi connectivity index (χ0) is 28.6. The average Bonchev–Trinajstić information content (AvgIpc) is 2.92. The van der Waals surface area contributed by atoms with Gasteiger partial charge in [0.1, 0.15) is 12.6 Å². The first-order chi connectivity index (χ1) is 18.6. The number of amides is 2. The largest absolute Gasteiger partial charge is 0.354 e. The van der Waals surface area contributed by atoms with E-state index in [4.69, 9.17) is 0 Å². The van der Waals surface area contributed by atoms with Gasteiger partial charge in [0.15, 0.2) is 0 Å². The van der Waals surface area contributed by atoms with E-state index in [1.54, 1.807) is 43.3 Å². The highest BCUT2D eigenvalue weighted by atomic mass is 32.2. The smallest absolute Gasteiger partial charge is 0.264 e. The monoisotopic (exact) mass is 549 g/mol. The molecule has 1 N–H and O–H groups in total. The van der Waals surface area contributed by atoms with E-state index in [1.807, 2.05) is 64.1 Å². The van der Waals surface area contributed by atoms with Crippen LogP contribution in [0.3, 0.4) is 0 Å². The van der Waals surface area contributed by atoms with Gasteiger partial charge < -0.3 is 10.2 Å². The molecule has 3 aromatic rings. The molecule has 39 heavy (non-hydrogen) atoms. The molecule has 0 aromatic heterocycles. The molecule has 0 aliphatic heterocycles. The van der Waals surface area contributed by atoms with Gasteiger partial charge in [-0.1, -0.05) is 67.1 Å². The van der Waals surface area contributed by atoms with Gasteiger partial charge in [0.2, 0.25) is 11.8 Å². The Labute approximate surface area is 232 Å². The SMILES string of the molecule is CCCNC(=O)[C@H](C)N(CCc1ccccc1)C(=O)CN(c1cccc(C)c1C)S(=O)(=O)c1ccc(C)cc1. The van der Waals surface area contributed by atoms with Crippen molar-refractivity contribution >= 4 is 27.5 Å². The summed E-state index contributed by atoms with van der Waals surface area (Å²) in [5, 5.41) is 2.86. The van der Waals surface area contributed by atoms with E-state index in [0.717, 1.165) is 28.7 Å². The van der Waals surface area contributed by atoms with Gasteiger partial charge in [0.05, 0.1) is 10.6 Å². The summed E-state index contributed by atoms with van der Waals surface area (Å²) in [6.45, 7) is 9.63. The first-order valence-electron chi connectivity index (χ1n) is 13.3. The van der Waals surface area contributed by atoms with Crippen molar-refractivity contribution in [1.82, 2.24) is 10.2 Å². The number of hydrogen-bond donors (Lipinski definition) is 1. The minimum atomic E-state index is -4.08. The number of nitrogens with one attached hydrogen (secondary N) is 1. The maximum Gasteiger partial charge on any atom is 0.264 e. The molecule has 0 bridgehead atoms. The van der Waals surface area contributed by atoms with Crippen LogP contribution in [0.15, 0.2) is 77.7 Å². The fourth-order valence-corrected chi connectivity index (χ4v) is 5.79. The molecule has 8 heteroatoms.